The molecular weight excluding hydrogens is 126 g/mol. The lowest BCUT2D eigenvalue weighted by molar-refractivity contribution is 1.22. The van der Waals surface area contributed by atoms with Crippen LogP contribution in [0.5, 0.6) is 0 Å². The molecule has 0 aromatic carbocycles. The molecule has 2 N–H and O–H groups in total. The minimum absolute atomic E-state index is 0.793. The van der Waals surface area contributed by atoms with Gasteiger partial charge in [0.25, 0.3) is 0 Å². The molecule has 1 aromatic rings. The Balaban J connectivity index is 2.75. The van der Waals surface area contributed by atoms with Gasteiger partial charge in [-0.1, -0.05) is 0 Å². The Morgan fingerprint density at radius 2 is 2.50 bits per heavy atom. The number of hydrogen-bond acceptors (Lipinski definition) is 2. The van der Waals surface area contributed by atoms with Gasteiger partial charge < -0.3 is 10.4 Å². The topological polar surface area (TPSA) is 52.5 Å². The third-order valence-corrected chi connectivity index (χ3v) is 1.07. The number of nitrogens with zero attached hydrogens (tertiary/aromatic N) is 1. The van der Waals surface area contributed by atoms with Crippen molar-refractivity contribution in [2.24, 2.45) is 0 Å². The molecule has 1 rings (SSSR count). The summed E-state index contributed by atoms with van der Waals surface area (Å²) in [5.41, 5.74) is 1.03. The summed E-state index contributed by atoms with van der Waals surface area (Å²) in [4.78, 5) is 7.02. The summed E-state index contributed by atoms with van der Waals surface area (Å²) >= 11 is 0. The molecule has 0 amide bonds. The highest BCUT2D eigenvalue weighted by Gasteiger charge is 1.88. The number of aromatic nitrogens is 2. The summed E-state index contributed by atoms with van der Waals surface area (Å²) in [5, 5.41) is 6.71. The van der Waals surface area contributed by atoms with E-state index in [0.717, 1.165) is 11.5 Å². The molecule has 1 heterocycles. The van der Waals surface area contributed by atoms with Crippen LogP contribution in [0.3, 0.4) is 0 Å². The number of hydrogen-bond donors (Lipinski definition) is 2. The number of nitrogens with one attached hydrogen (secondary N) is 2. The van der Waals surface area contributed by atoms with Crippen LogP contribution in [0.15, 0.2) is 12.3 Å². The highest BCUT2D eigenvalue weighted by Crippen LogP contribution is 1.95. The predicted octanol–water partition coefficient (Wildman–Crippen LogP) is 1.38. The van der Waals surface area contributed by atoms with E-state index in [2.05, 4.69) is 9.97 Å². The maximum absolute atomic E-state index is 6.71. The first-order valence-electron chi connectivity index (χ1n) is 3.01. The molecule has 0 fully saturated rings. The maximum atomic E-state index is 6.71. The molecule has 0 unspecified atom stereocenters. The molecule has 3 heteroatoms. The summed E-state index contributed by atoms with van der Waals surface area (Å²) in [6.45, 7) is 1.94. The molecule has 0 bridgehead atoms. The van der Waals surface area contributed by atoms with Crippen molar-refractivity contribution in [1.82, 2.24) is 9.97 Å². The summed E-state index contributed by atoms with van der Waals surface area (Å²) in [7, 11) is 0. The monoisotopic (exact) mass is 135 g/mol. The molecule has 0 saturated heterocycles. The number of rotatable bonds is 2. The lowest BCUT2D eigenvalue weighted by Gasteiger charge is -1.79. The Labute approximate surface area is 59.3 Å². The average molecular weight is 135 g/mol. The molecular formula is C7H9N3. The van der Waals surface area contributed by atoms with E-state index in [9.17, 15) is 0 Å². The Hall–Kier alpha value is -1.38. The molecule has 3 nitrogen and oxygen atoms in total. The van der Waals surface area contributed by atoms with Gasteiger partial charge in [-0.2, -0.15) is 0 Å². The SMILES string of the molecule is Cc1cnc(/C=C\C=N)[nH]1. The fourth-order valence-corrected chi connectivity index (χ4v) is 0.657. The van der Waals surface area contributed by atoms with Crippen molar-refractivity contribution in [3.8, 4) is 0 Å². The summed E-state index contributed by atoms with van der Waals surface area (Å²) in [6.07, 6.45) is 6.35. The van der Waals surface area contributed by atoms with Crippen LogP contribution >= 0.6 is 0 Å². The number of H-pyrrole nitrogens is 1. The highest BCUT2D eigenvalue weighted by molar-refractivity contribution is 5.74. The van der Waals surface area contributed by atoms with Gasteiger partial charge in [0.1, 0.15) is 5.82 Å². The van der Waals surface area contributed by atoms with Crippen molar-refractivity contribution in [3.05, 3.63) is 23.8 Å². The molecule has 0 aliphatic heterocycles. The molecule has 10 heavy (non-hydrogen) atoms. The van der Waals surface area contributed by atoms with Gasteiger partial charge >= 0.3 is 0 Å². The molecule has 0 atom stereocenters. The summed E-state index contributed by atoms with van der Waals surface area (Å²) < 4.78 is 0. The predicted molar refractivity (Wildman–Crippen MR) is 41.1 cm³/mol. The first-order valence-corrected chi connectivity index (χ1v) is 3.01. The van der Waals surface area contributed by atoms with Crippen LogP contribution in [-0.4, -0.2) is 16.2 Å². The minimum atomic E-state index is 0.793. The Morgan fingerprint density at radius 3 is 3.00 bits per heavy atom. The van der Waals surface area contributed by atoms with Crippen LogP contribution in [0.4, 0.5) is 0 Å². The number of imidazole rings is 1. The van der Waals surface area contributed by atoms with Gasteiger partial charge in [0.05, 0.1) is 0 Å². The van der Waals surface area contributed by atoms with Gasteiger partial charge in [0.2, 0.25) is 0 Å². The van der Waals surface area contributed by atoms with Gasteiger partial charge in [-0.3, -0.25) is 0 Å². The van der Waals surface area contributed by atoms with Crippen molar-refractivity contribution >= 4 is 12.3 Å². The van der Waals surface area contributed by atoms with E-state index in [4.69, 9.17) is 5.41 Å². The van der Waals surface area contributed by atoms with Gasteiger partial charge in [-0.05, 0) is 19.1 Å². The van der Waals surface area contributed by atoms with Crippen molar-refractivity contribution < 1.29 is 0 Å². The Bertz CT molecular complexity index is 247. The summed E-state index contributed by atoms with van der Waals surface area (Å²) in [5.74, 6) is 0.793. The molecule has 0 aliphatic rings. The van der Waals surface area contributed by atoms with E-state index in [1.807, 2.05) is 6.92 Å². The third-order valence-electron chi connectivity index (χ3n) is 1.07. The number of allylic oxidation sites excluding steroid dienone is 1. The van der Waals surface area contributed by atoms with Crippen LogP contribution in [0.1, 0.15) is 11.5 Å². The zero-order valence-electron chi connectivity index (χ0n) is 5.76. The van der Waals surface area contributed by atoms with Crippen LogP contribution in [-0.2, 0) is 0 Å². The van der Waals surface area contributed by atoms with Crippen LogP contribution in [0, 0.1) is 12.3 Å². The second-order valence-corrected chi connectivity index (χ2v) is 1.98. The van der Waals surface area contributed by atoms with E-state index >= 15 is 0 Å². The Morgan fingerprint density at radius 1 is 1.70 bits per heavy atom. The normalized spacial score (nSPS) is 10.5. The van der Waals surface area contributed by atoms with E-state index in [-0.39, 0.29) is 0 Å². The van der Waals surface area contributed by atoms with E-state index in [1.165, 1.54) is 6.21 Å². The summed E-state index contributed by atoms with van der Waals surface area (Å²) in [6, 6.07) is 0. The van der Waals surface area contributed by atoms with E-state index in [0.29, 0.717) is 0 Å². The van der Waals surface area contributed by atoms with Gasteiger partial charge in [0, 0.05) is 18.1 Å². The van der Waals surface area contributed by atoms with Crippen molar-refractivity contribution in [2.75, 3.05) is 0 Å². The molecule has 0 saturated carbocycles. The Kier molecular flexibility index (Phi) is 1.99. The fraction of sp³-hybridized carbons (Fsp3) is 0.143. The van der Waals surface area contributed by atoms with Gasteiger partial charge in [-0.15, -0.1) is 0 Å². The average Bonchev–Trinajstić information content (AvgIpc) is 2.31. The first kappa shape index (κ1) is 6.74. The van der Waals surface area contributed by atoms with Crippen molar-refractivity contribution in [2.45, 2.75) is 6.92 Å². The van der Waals surface area contributed by atoms with Crippen LogP contribution in [0.25, 0.3) is 6.08 Å². The molecule has 1 aromatic heterocycles. The van der Waals surface area contributed by atoms with E-state index < -0.39 is 0 Å². The zero-order chi connectivity index (χ0) is 7.40. The van der Waals surface area contributed by atoms with Crippen LogP contribution < -0.4 is 0 Å². The second kappa shape index (κ2) is 2.96. The largest absolute Gasteiger partial charge is 0.343 e. The second-order valence-electron chi connectivity index (χ2n) is 1.98. The molecule has 0 spiro atoms. The van der Waals surface area contributed by atoms with Crippen LogP contribution in [0.2, 0.25) is 0 Å². The van der Waals surface area contributed by atoms with Gasteiger partial charge in [0.15, 0.2) is 0 Å². The standard InChI is InChI=1S/C7H9N3/c1-6-5-9-7(10-6)3-2-4-8/h2-5,8H,1H3,(H,9,10)/b3-2-,8-4?. The quantitative estimate of drug-likeness (QED) is 0.591. The smallest absolute Gasteiger partial charge is 0.130 e. The molecule has 0 aliphatic carbocycles. The lowest BCUT2D eigenvalue weighted by atomic mass is 10.5. The third kappa shape index (κ3) is 1.55. The van der Waals surface area contributed by atoms with Gasteiger partial charge in [-0.25, -0.2) is 4.98 Å². The zero-order valence-corrected chi connectivity index (χ0v) is 5.76. The van der Waals surface area contributed by atoms with Crippen molar-refractivity contribution in [1.29, 1.82) is 5.41 Å². The highest BCUT2D eigenvalue weighted by atomic mass is 14.9. The molecule has 52 valence electrons. The lowest BCUT2D eigenvalue weighted by Crippen LogP contribution is -1.73. The fourth-order valence-electron chi connectivity index (χ4n) is 0.657. The number of aromatic amines is 1. The molecule has 0 radical (unpaired) electrons. The first-order chi connectivity index (χ1) is 4.83. The maximum Gasteiger partial charge on any atom is 0.130 e. The number of aryl methyl sites for hydroxylation is 1. The minimum Gasteiger partial charge on any atom is -0.343 e. The van der Waals surface area contributed by atoms with E-state index in [1.54, 1.807) is 18.3 Å². The van der Waals surface area contributed by atoms with Crippen molar-refractivity contribution in [3.63, 3.8) is 0 Å².